The third kappa shape index (κ3) is 5.65. The lowest BCUT2D eigenvalue weighted by molar-refractivity contribution is 0.0957. The predicted molar refractivity (Wildman–Crippen MR) is 86.7 cm³/mol. The fourth-order valence-corrected chi connectivity index (χ4v) is 2.68. The Labute approximate surface area is 129 Å². The number of hydrogen-bond donors (Lipinski definition) is 2. The molecule has 5 heteroatoms. The van der Waals surface area contributed by atoms with Crippen LogP contribution in [0.1, 0.15) is 28.7 Å². The molecule has 2 aromatic heterocycles. The number of carbonyl (C=O) groups excluding carboxylic acids is 1. The number of pyridine rings is 1. The average molecular weight is 303 g/mol. The number of carbonyl (C=O) groups is 1. The van der Waals surface area contributed by atoms with Crippen LogP contribution < -0.4 is 10.6 Å². The summed E-state index contributed by atoms with van der Waals surface area (Å²) in [6.07, 6.45) is 3.66. The molecule has 1 atom stereocenters. The Morgan fingerprint density at radius 3 is 2.90 bits per heavy atom. The van der Waals surface area contributed by atoms with Gasteiger partial charge in [-0.15, -0.1) is 11.3 Å². The van der Waals surface area contributed by atoms with Crippen molar-refractivity contribution in [3.63, 3.8) is 0 Å². The zero-order chi connectivity index (χ0) is 14.9. The predicted octanol–water partition coefficient (Wildman–Crippen LogP) is 2.48. The van der Waals surface area contributed by atoms with E-state index in [1.165, 1.54) is 11.3 Å². The molecule has 0 aliphatic rings. The van der Waals surface area contributed by atoms with E-state index in [4.69, 9.17) is 0 Å². The van der Waals surface area contributed by atoms with Gasteiger partial charge in [0.1, 0.15) is 0 Å². The summed E-state index contributed by atoms with van der Waals surface area (Å²) in [7, 11) is 0. The van der Waals surface area contributed by atoms with Gasteiger partial charge in [-0.25, -0.2) is 0 Å². The van der Waals surface area contributed by atoms with Gasteiger partial charge in [-0.3, -0.25) is 9.78 Å². The lowest BCUT2D eigenvalue weighted by Gasteiger charge is -2.13. The number of rotatable bonds is 8. The van der Waals surface area contributed by atoms with E-state index in [2.05, 4.69) is 22.5 Å². The van der Waals surface area contributed by atoms with Gasteiger partial charge < -0.3 is 10.6 Å². The van der Waals surface area contributed by atoms with Crippen molar-refractivity contribution in [2.24, 2.45) is 0 Å². The summed E-state index contributed by atoms with van der Waals surface area (Å²) in [6.45, 7) is 3.73. The van der Waals surface area contributed by atoms with E-state index in [0.29, 0.717) is 12.6 Å². The topological polar surface area (TPSA) is 54.0 Å². The summed E-state index contributed by atoms with van der Waals surface area (Å²) >= 11 is 1.47. The molecule has 0 fully saturated rings. The van der Waals surface area contributed by atoms with Gasteiger partial charge in [-0.1, -0.05) is 12.1 Å². The third-order valence-corrected chi connectivity index (χ3v) is 3.99. The number of thiophene rings is 1. The molecule has 112 valence electrons. The summed E-state index contributed by atoms with van der Waals surface area (Å²) < 4.78 is 0. The van der Waals surface area contributed by atoms with Crippen molar-refractivity contribution < 1.29 is 4.79 Å². The van der Waals surface area contributed by atoms with Crippen LogP contribution in [0.25, 0.3) is 0 Å². The Hall–Kier alpha value is -1.72. The molecule has 2 N–H and O–H groups in total. The second-order valence-electron chi connectivity index (χ2n) is 4.97. The van der Waals surface area contributed by atoms with Gasteiger partial charge in [-0.05, 0) is 43.5 Å². The normalized spacial score (nSPS) is 12.0. The number of hydrogen-bond acceptors (Lipinski definition) is 4. The zero-order valence-electron chi connectivity index (χ0n) is 12.2. The molecular weight excluding hydrogens is 282 g/mol. The molecule has 21 heavy (non-hydrogen) atoms. The average Bonchev–Trinajstić information content (AvgIpc) is 3.02. The summed E-state index contributed by atoms with van der Waals surface area (Å²) in [4.78, 5) is 16.8. The smallest absolute Gasteiger partial charge is 0.261 e. The molecule has 0 aliphatic carbocycles. The number of nitrogens with one attached hydrogen (secondary N) is 2. The zero-order valence-corrected chi connectivity index (χ0v) is 13.0. The second-order valence-corrected chi connectivity index (χ2v) is 5.91. The minimum absolute atomic E-state index is 0.0199. The molecule has 2 aromatic rings. The lowest BCUT2D eigenvalue weighted by Crippen LogP contribution is -2.32. The van der Waals surface area contributed by atoms with E-state index in [0.717, 1.165) is 30.0 Å². The molecule has 0 saturated heterocycles. The Balaban J connectivity index is 1.56. The van der Waals surface area contributed by atoms with Crippen LogP contribution >= 0.6 is 11.3 Å². The first-order valence-electron chi connectivity index (χ1n) is 7.20. The molecule has 0 radical (unpaired) electrons. The van der Waals surface area contributed by atoms with Crippen molar-refractivity contribution in [2.75, 3.05) is 13.1 Å². The molecule has 0 aromatic carbocycles. The highest BCUT2D eigenvalue weighted by molar-refractivity contribution is 7.12. The highest BCUT2D eigenvalue weighted by Crippen LogP contribution is 2.07. The highest BCUT2D eigenvalue weighted by Gasteiger charge is 2.06. The van der Waals surface area contributed by atoms with Crippen LogP contribution in [0.5, 0.6) is 0 Å². The first-order chi connectivity index (χ1) is 10.3. The maximum absolute atomic E-state index is 11.7. The SMILES string of the molecule is CC(Cc1ccccn1)NCCCNC(=O)c1cccs1. The molecule has 4 nitrogen and oxygen atoms in total. The first kappa shape index (κ1) is 15.7. The molecule has 1 unspecified atom stereocenters. The largest absolute Gasteiger partial charge is 0.351 e. The standard InChI is InChI=1S/C16H21N3OS/c1-13(12-14-6-2-3-8-18-14)17-9-5-10-19-16(20)15-7-4-11-21-15/h2-4,6-8,11,13,17H,5,9-10,12H2,1H3,(H,19,20). The van der Waals surface area contributed by atoms with Crippen LogP contribution in [0.3, 0.4) is 0 Å². The van der Waals surface area contributed by atoms with Crippen LogP contribution in [0.4, 0.5) is 0 Å². The van der Waals surface area contributed by atoms with E-state index in [9.17, 15) is 4.79 Å². The van der Waals surface area contributed by atoms with E-state index in [1.807, 2.05) is 41.9 Å². The number of aromatic nitrogens is 1. The van der Waals surface area contributed by atoms with Crippen molar-refractivity contribution in [1.29, 1.82) is 0 Å². The van der Waals surface area contributed by atoms with Gasteiger partial charge in [0.15, 0.2) is 0 Å². The van der Waals surface area contributed by atoms with Gasteiger partial charge >= 0.3 is 0 Å². The van der Waals surface area contributed by atoms with Crippen LogP contribution in [0, 0.1) is 0 Å². The van der Waals surface area contributed by atoms with Gasteiger partial charge in [0.05, 0.1) is 4.88 Å². The Morgan fingerprint density at radius 2 is 2.19 bits per heavy atom. The van der Waals surface area contributed by atoms with Gasteiger partial charge in [0.25, 0.3) is 5.91 Å². The molecular formula is C16H21N3OS. The minimum Gasteiger partial charge on any atom is -0.351 e. The first-order valence-corrected chi connectivity index (χ1v) is 8.08. The molecule has 0 aliphatic heterocycles. The molecule has 0 saturated carbocycles. The monoisotopic (exact) mass is 303 g/mol. The summed E-state index contributed by atoms with van der Waals surface area (Å²) in [6, 6.07) is 10.1. The van der Waals surface area contributed by atoms with Crippen LogP contribution in [-0.2, 0) is 6.42 Å². The Bertz CT molecular complexity index is 528. The van der Waals surface area contributed by atoms with Crippen LogP contribution in [0.2, 0.25) is 0 Å². The Morgan fingerprint density at radius 1 is 1.29 bits per heavy atom. The van der Waals surface area contributed by atoms with Crippen molar-refractivity contribution in [2.45, 2.75) is 25.8 Å². The van der Waals surface area contributed by atoms with E-state index < -0.39 is 0 Å². The Kier molecular flexibility index (Phi) is 6.37. The summed E-state index contributed by atoms with van der Waals surface area (Å²) in [5, 5.41) is 8.29. The van der Waals surface area contributed by atoms with Gasteiger partial charge in [0.2, 0.25) is 0 Å². The van der Waals surface area contributed by atoms with Crippen molar-refractivity contribution >= 4 is 17.2 Å². The van der Waals surface area contributed by atoms with Gasteiger partial charge in [0, 0.05) is 30.9 Å². The minimum atomic E-state index is 0.0199. The molecule has 1 amide bonds. The van der Waals surface area contributed by atoms with E-state index >= 15 is 0 Å². The van der Waals surface area contributed by atoms with Crippen molar-refractivity contribution in [1.82, 2.24) is 15.6 Å². The molecule has 2 heterocycles. The highest BCUT2D eigenvalue weighted by atomic mass is 32.1. The number of nitrogens with zero attached hydrogens (tertiary/aromatic N) is 1. The second kappa shape index (κ2) is 8.54. The number of amides is 1. The fourth-order valence-electron chi connectivity index (χ4n) is 2.04. The molecule has 0 spiro atoms. The lowest BCUT2D eigenvalue weighted by atomic mass is 10.1. The quantitative estimate of drug-likeness (QED) is 0.737. The maximum Gasteiger partial charge on any atom is 0.261 e. The van der Waals surface area contributed by atoms with Crippen LogP contribution in [-0.4, -0.2) is 30.0 Å². The van der Waals surface area contributed by atoms with Crippen molar-refractivity contribution in [3.05, 3.63) is 52.5 Å². The molecule has 2 rings (SSSR count). The summed E-state index contributed by atoms with van der Waals surface area (Å²) in [5.41, 5.74) is 1.10. The van der Waals surface area contributed by atoms with E-state index in [1.54, 1.807) is 0 Å². The van der Waals surface area contributed by atoms with Gasteiger partial charge in [-0.2, -0.15) is 0 Å². The fraction of sp³-hybridized carbons (Fsp3) is 0.375. The van der Waals surface area contributed by atoms with Crippen molar-refractivity contribution in [3.8, 4) is 0 Å². The maximum atomic E-state index is 11.7. The van der Waals surface area contributed by atoms with E-state index in [-0.39, 0.29) is 5.91 Å². The summed E-state index contributed by atoms with van der Waals surface area (Å²) in [5.74, 6) is 0.0199. The molecule has 0 bridgehead atoms. The third-order valence-electron chi connectivity index (χ3n) is 3.12. The van der Waals surface area contributed by atoms with Crippen LogP contribution in [0.15, 0.2) is 41.9 Å².